The maximum atomic E-state index is 12.6. The Hall–Kier alpha value is -2.37. The molecule has 1 unspecified atom stereocenters. The van der Waals surface area contributed by atoms with E-state index >= 15 is 0 Å². The Morgan fingerprint density at radius 1 is 1.36 bits per heavy atom. The molecule has 144 valence electrons. The van der Waals surface area contributed by atoms with Crippen molar-refractivity contribution in [3.05, 3.63) is 61.9 Å². The third-order valence-corrected chi connectivity index (χ3v) is 6.44. The first-order valence-electron chi connectivity index (χ1n) is 9.32. The normalized spacial score (nSPS) is 18.6. The number of aromatic nitrogens is 1. The fraction of sp³-hybridized carbons (Fsp3) is 0.273. The molecule has 0 bridgehead atoms. The lowest BCUT2D eigenvalue weighted by Crippen LogP contribution is -2.40. The van der Waals surface area contributed by atoms with Crippen LogP contribution < -0.4 is 16.0 Å². The van der Waals surface area contributed by atoms with Crippen molar-refractivity contribution in [3.63, 3.8) is 0 Å². The highest BCUT2D eigenvalue weighted by atomic mass is 35.5. The summed E-state index contributed by atoms with van der Waals surface area (Å²) in [5, 5.41) is 4.48. The summed E-state index contributed by atoms with van der Waals surface area (Å²) >= 11 is 7.66. The molecular formula is C22H22ClN3OS. The standard InChI is InChI=1S/C22H22ClN3OS/c1-5-20(27)26-18(15-8-6-12(2)7-9-15)11-17(25-26)21-13(3)16-10-19(23)28-22(16)24-14(21)4/h6-10,18,25H,4-5,11H2,1-3H3. The summed E-state index contributed by atoms with van der Waals surface area (Å²) in [6.45, 7) is 10.2. The maximum absolute atomic E-state index is 12.6. The Morgan fingerprint density at radius 3 is 2.75 bits per heavy atom. The molecule has 4 rings (SSSR count). The topological polar surface area (TPSA) is 45.2 Å². The highest BCUT2D eigenvalue weighted by Crippen LogP contribution is 2.33. The first kappa shape index (κ1) is 19.0. The molecular weight excluding hydrogens is 390 g/mol. The van der Waals surface area contributed by atoms with Gasteiger partial charge in [-0.15, -0.1) is 11.3 Å². The summed E-state index contributed by atoms with van der Waals surface area (Å²) in [4.78, 5) is 18.2. The monoisotopic (exact) mass is 411 g/mol. The Balaban J connectivity index is 1.89. The van der Waals surface area contributed by atoms with E-state index in [4.69, 9.17) is 11.6 Å². The minimum absolute atomic E-state index is 0.0522. The van der Waals surface area contributed by atoms with Crippen LogP contribution in [0.15, 0.2) is 30.3 Å². The molecule has 0 aliphatic carbocycles. The number of nitrogens with one attached hydrogen (secondary N) is 1. The number of halogens is 1. The van der Waals surface area contributed by atoms with Crippen LogP contribution in [0.5, 0.6) is 0 Å². The highest BCUT2D eigenvalue weighted by molar-refractivity contribution is 7.22. The number of carbonyl (C=O) groups is 1. The van der Waals surface area contributed by atoms with Crippen LogP contribution in [0.4, 0.5) is 0 Å². The maximum Gasteiger partial charge on any atom is 0.241 e. The molecule has 28 heavy (non-hydrogen) atoms. The van der Waals surface area contributed by atoms with Crippen LogP contribution in [0.1, 0.15) is 42.5 Å². The second-order valence-corrected chi connectivity index (χ2v) is 8.83. The predicted octanol–water partition coefficient (Wildman–Crippen LogP) is 3.97. The molecule has 1 N–H and O–H groups in total. The molecule has 1 aliphatic heterocycles. The average molecular weight is 412 g/mol. The van der Waals surface area contributed by atoms with Crippen LogP contribution in [-0.4, -0.2) is 15.9 Å². The van der Waals surface area contributed by atoms with Gasteiger partial charge in [-0.3, -0.25) is 10.2 Å². The summed E-state index contributed by atoms with van der Waals surface area (Å²) < 4.78 is 0.715. The minimum Gasteiger partial charge on any atom is -0.299 e. The number of rotatable bonds is 2. The Morgan fingerprint density at radius 2 is 2.07 bits per heavy atom. The number of amides is 1. The summed E-state index contributed by atoms with van der Waals surface area (Å²) in [6.07, 6.45) is 1.14. The van der Waals surface area contributed by atoms with E-state index in [9.17, 15) is 4.79 Å². The van der Waals surface area contributed by atoms with Crippen molar-refractivity contribution in [2.24, 2.45) is 0 Å². The van der Waals surface area contributed by atoms with Crippen LogP contribution in [0.3, 0.4) is 0 Å². The number of hydrogen-bond donors (Lipinski definition) is 1. The van der Waals surface area contributed by atoms with Crippen LogP contribution in [0.2, 0.25) is 4.34 Å². The van der Waals surface area contributed by atoms with Gasteiger partial charge in [-0.25, -0.2) is 9.99 Å². The molecule has 2 aromatic heterocycles. The summed E-state index contributed by atoms with van der Waals surface area (Å²) in [5.74, 6) is 0.0662. The van der Waals surface area contributed by atoms with Crippen molar-refractivity contribution in [3.8, 4) is 0 Å². The summed E-state index contributed by atoms with van der Waals surface area (Å²) in [6, 6.07) is 10.3. The number of carbonyl (C=O) groups excluding carboxylic acids is 1. The molecule has 1 atom stereocenters. The number of benzene rings is 1. The number of nitrogens with zero attached hydrogens (tertiary/aromatic N) is 2. The zero-order chi connectivity index (χ0) is 20.0. The van der Waals surface area contributed by atoms with E-state index < -0.39 is 0 Å². The Kier molecular flexibility index (Phi) is 4.89. The number of thiophene rings is 1. The van der Waals surface area contributed by atoms with Crippen LogP contribution >= 0.6 is 22.9 Å². The van der Waals surface area contributed by atoms with E-state index in [1.807, 2.05) is 13.0 Å². The lowest BCUT2D eigenvalue weighted by molar-refractivity contribution is -0.134. The van der Waals surface area contributed by atoms with Crippen molar-refractivity contribution in [1.82, 2.24) is 15.4 Å². The van der Waals surface area contributed by atoms with Gasteiger partial charge in [0.2, 0.25) is 5.91 Å². The van der Waals surface area contributed by atoms with E-state index in [1.54, 1.807) is 5.01 Å². The molecule has 1 aromatic carbocycles. The van der Waals surface area contributed by atoms with E-state index in [1.165, 1.54) is 16.9 Å². The fourth-order valence-electron chi connectivity index (χ4n) is 3.81. The SMILES string of the molecule is C=c1nc2sc(Cl)cc2c(C)c1=C1CC(c2ccc(C)cc2)N(C(=O)CC)N1. The second-order valence-electron chi connectivity index (χ2n) is 7.17. The van der Waals surface area contributed by atoms with Gasteiger partial charge in [0.25, 0.3) is 0 Å². The highest BCUT2D eigenvalue weighted by Gasteiger charge is 2.33. The molecule has 1 amide bonds. The molecule has 1 saturated heterocycles. The van der Waals surface area contributed by atoms with Gasteiger partial charge < -0.3 is 0 Å². The average Bonchev–Trinajstić information content (AvgIpc) is 3.25. The molecule has 0 spiro atoms. The molecule has 3 aromatic rings. The van der Waals surface area contributed by atoms with Gasteiger partial charge in [-0.2, -0.15) is 0 Å². The van der Waals surface area contributed by atoms with Crippen molar-refractivity contribution < 1.29 is 4.79 Å². The van der Waals surface area contributed by atoms with Gasteiger partial charge in [0, 0.05) is 29.1 Å². The van der Waals surface area contributed by atoms with Crippen molar-refractivity contribution in [2.45, 2.75) is 39.7 Å². The minimum atomic E-state index is -0.0522. The van der Waals surface area contributed by atoms with Crippen LogP contribution in [0.25, 0.3) is 22.5 Å². The number of hydrogen-bond acceptors (Lipinski definition) is 4. The van der Waals surface area contributed by atoms with Crippen molar-refractivity contribution >= 4 is 51.3 Å². The van der Waals surface area contributed by atoms with Gasteiger partial charge in [0.15, 0.2) is 0 Å². The summed E-state index contributed by atoms with van der Waals surface area (Å²) in [5.41, 5.74) is 7.75. The smallest absolute Gasteiger partial charge is 0.241 e. The number of hydrazine groups is 1. The van der Waals surface area contributed by atoms with Gasteiger partial charge in [0.05, 0.1) is 15.7 Å². The zero-order valence-electron chi connectivity index (χ0n) is 16.2. The molecule has 3 heterocycles. The van der Waals surface area contributed by atoms with E-state index in [2.05, 4.69) is 55.1 Å². The molecule has 6 heteroatoms. The lowest BCUT2D eigenvalue weighted by Gasteiger charge is -2.24. The third kappa shape index (κ3) is 3.19. The van der Waals surface area contributed by atoms with Crippen LogP contribution in [0, 0.1) is 13.8 Å². The number of pyridine rings is 1. The largest absolute Gasteiger partial charge is 0.299 e. The van der Waals surface area contributed by atoms with Crippen molar-refractivity contribution in [2.75, 3.05) is 0 Å². The summed E-state index contributed by atoms with van der Waals surface area (Å²) in [7, 11) is 0. The fourth-order valence-corrected chi connectivity index (χ4v) is 4.98. The predicted molar refractivity (Wildman–Crippen MR) is 116 cm³/mol. The van der Waals surface area contributed by atoms with E-state index in [0.29, 0.717) is 22.5 Å². The first-order valence-corrected chi connectivity index (χ1v) is 10.5. The van der Waals surface area contributed by atoms with Crippen molar-refractivity contribution in [1.29, 1.82) is 0 Å². The zero-order valence-corrected chi connectivity index (χ0v) is 17.7. The Bertz CT molecular complexity index is 1180. The molecule has 0 saturated carbocycles. The molecule has 0 radical (unpaired) electrons. The molecule has 4 nitrogen and oxygen atoms in total. The molecule has 1 aliphatic rings. The van der Waals surface area contributed by atoms with Crippen LogP contribution in [-0.2, 0) is 4.79 Å². The van der Waals surface area contributed by atoms with Gasteiger partial charge in [0.1, 0.15) is 4.83 Å². The molecule has 1 fully saturated rings. The second kappa shape index (κ2) is 7.22. The number of aryl methyl sites for hydroxylation is 2. The van der Waals surface area contributed by atoms with Gasteiger partial charge >= 0.3 is 0 Å². The quantitative estimate of drug-likeness (QED) is 0.693. The number of fused-ring (bicyclic) bond motifs is 1. The first-order chi connectivity index (χ1) is 13.4. The lowest BCUT2D eigenvalue weighted by atomic mass is 10.00. The Labute approximate surface area is 173 Å². The van der Waals surface area contributed by atoms with E-state index in [-0.39, 0.29) is 11.9 Å². The third-order valence-electron chi connectivity index (χ3n) is 5.29. The van der Waals surface area contributed by atoms with Gasteiger partial charge in [-0.05, 0) is 31.0 Å². The van der Waals surface area contributed by atoms with Gasteiger partial charge in [-0.1, -0.05) is 54.9 Å². The van der Waals surface area contributed by atoms with E-state index in [0.717, 1.165) is 32.3 Å².